The van der Waals surface area contributed by atoms with E-state index in [4.69, 9.17) is 9.84 Å². The van der Waals surface area contributed by atoms with Crippen LogP contribution in [-0.2, 0) is 11.3 Å². The molecule has 1 aromatic rings. The Morgan fingerprint density at radius 1 is 1.43 bits per heavy atom. The number of hydrogen-bond acceptors (Lipinski definition) is 3. The van der Waals surface area contributed by atoms with Crippen LogP contribution in [-0.4, -0.2) is 42.3 Å². The third kappa shape index (κ3) is 4.72. The number of ether oxygens (including phenoxy) is 1. The first-order valence-corrected chi connectivity index (χ1v) is 7.56. The first kappa shape index (κ1) is 15.8. The minimum absolute atomic E-state index is 0.0695. The van der Waals surface area contributed by atoms with Gasteiger partial charge in [0.2, 0.25) is 0 Å². The monoisotopic (exact) mass is 292 g/mol. The van der Waals surface area contributed by atoms with Crippen LogP contribution >= 0.6 is 0 Å². The van der Waals surface area contributed by atoms with Crippen LogP contribution in [0, 0.1) is 5.92 Å². The molecule has 1 aliphatic rings. The van der Waals surface area contributed by atoms with E-state index in [9.17, 15) is 4.79 Å². The Hall–Kier alpha value is -1.59. The smallest absolute Gasteiger partial charge is 0.321 e. The van der Waals surface area contributed by atoms with Gasteiger partial charge in [-0.1, -0.05) is 12.1 Å². The van der Waals surface area contributed by atoms with Crippen LogP contribution in [0.4, 0.5) is 10.5 Å². The van der Waals surface area contributed by atoms with Gasteiger partial charge in [-0.2, -0.15) is 0 Å². The average molecular weight is 292 g/mol. The number of urea groups is 1. The van der Waals surface area contributed by atoms with Crippen molar-refractivity contribution >= 4 is 11.7 Å². The molecule has 1 aliphatic heterocycles. The van der Waals surface area contributed by atoms with Crippen molar-refractivity contribution in [3.05, 3.63) is 29.8 Å². The highest BCUT2D eigenvalue weighted by Crippen LogP contribution is 2.18. The summed E-state index contributed by atoms with van der Waals surface area (Å²) in [6, 6.07) is 7.65. The van der Waals surface area contributed by atoms with Crippen molar-refractivity contribution in [2.45, 2.75) is 26.4 Å². The fourth-order valence-electron chi connectivity index (χ4n) is 2.48. The number of nitrogens with zero attached hydrogens (tertiary/aromatic N) is 1. The van der Waals surface area contributed by atoms with Gasteiger partial charge in [-0.25, -0.2) is 4.79 Å². The fraction of sp³-hybridized carbons (Fsp3) is 0.562. The first-order chi connectivity index (χ1) is 10.2. The zero-order valence-electron chi connectivity index (χ0n) is 12.5. The van der Waals surface area contributed by atoms with E-state index in [2.05, 4.69) is 5.32 Å². The number of amides is 2. The molecule has 5 nitrogen and oxygen atoms in total. The van der Waals surface area contributed by atoms with Crippen LogP contribution in [0.5, 0.6) is 0 Å². The zero-order chi connectivity index (χ0) is 15.1. The van der Waals surface area contributed by atoms with Crippen molar-refractivity contribution in [1.29, 1.82) is 0 Å². The Balaban J connectivity index is 1.87. The van der Waals surface area contributed by atoms with E-state index < -0.39 is 0 Å². The molecule has 0 bridgehead atoms. The zero-order valence-corrected chi connectivity index (χ0v) is 12.5. The number of piperidine rings is 1. The topological polar surface area (TPSA) is 61.8 Å². The molecule has 5 heteroatoms. The maximum Gasteiger partial charge on any atom is 0.321 e. The fourth-order valence-corrected chi connectivity index (χ4v) is 2.48. The summed E-state index contributed by atoms with van der Waals surface area (Å²) in [5.74, 6) is 0.337. The van der Waals surface area contributed by atoms with Gasteiger partial charge in [0, 0.05) is 32.0 Å². The molecule has 2 amide bonds. The predicted molar refractivity (Wildman–Crippen MR) is 82.2 cm³/mol. The molecule has 1 heterocycles. The number of hydrogen-bond donors (Lipinski definition) is 2. The Labute approximate surface area is 125 Å². The average Bonchev–Trinajstić information content (AvgIpc) is 2.53. The Morgan fingerprint density at radius 3 is 2.86 bits per heavy atom. The normalized spacial score (nSPS) is 16.0. The summed E-state index contributed by atoms with van der Waals surface area (Å²) in [4.78, 5) is 14.0. The number of benzene rings is 1. The molecular weight excluding hydrogens is 268 g/mol. The molecule has 0 atom stereocenters. The molecule has 0 unspecified atom stereocenters. The highest BCUT2D eigenvalue weighted by atomic mass is 16.5. The number of aliphatic hydroxyl groups excluding tert-OH is 1. The van der Waals surface area contributed by atoms with Gasteiger partial charge < -0.3 is 20.1 Å². The van der Waals surface area contributed by atoms with E-state index in [0.717, 1.165) is 24.1 Å². The van der Waals surface area contributed by atoms with Crippen molar-refractivity contribution in [2.24, 2.45) is 5.92 Å². The second-order valence-corrected chi connectivity index (χ2v) is 5.38. The second-order valence-electron chi connectivity index (χ2n) is 5.38. The Kier molecular flexibility index (Phi) is 6.02. The van der Waals surface area contributed by atoms with Crippen LogP contribution < -0.4 is 5.32 Å². The van der Waals surface area contributed by atoms with Gasteiger partial charge in [0.05, 0.1) is 6.61 Å². The van der Waals surface area contributed by atoms with E-state index >= 15 is 0 Å². The van der Waals surface area contributed by atoms with Crippen LogP contribution in [0.3, 0.4) is 0 Å². The van der Waals surface area contributed by atoms with Crippen LogP contribution in [0.25, 0.3) is 0 Å². The van der Waals surface area contributed by atoms with Crippen molar-refractivity contribution in [1.82, 2.24) is 4.90 Å². The van der Waals surface area contributed by atoms with E-state index in [1.165, 1.54) is 0 Å². The number of carbonyl (C=O) groups is 1. The third-order valence-corrected chi connectivity index (χ3v) is 3.81. The van der Waals surface area contributed by atoms with E-state index in [1.807, 2.05) is 31.2 Å². The molecule has 2 N–H and O–H groups in total. The lowest BCUT2D eigenvalue weighted by atomic mass is 9.98. The maximum atomic E-state index is 12.2. The van der Waals surface area contributed by atoms with Crippen molar-refractivity contribution < 1.29 is 14.6 Å². The number of carbonyl (C=O) groups excluding carboxylic acids is 1. The molecule has 0 saturated carbocycles. The minimum Gasteiger partial charge on any atom is -0.396 e. The summed E-state index contributed by atoms with van der Waals surface area (Å²) >= 11 is 0. The number of rotatable bonds is 5. The van der Waals surface area contributed by atoms with E-state index in [0.29, 0.717) is 32.2 Å². The first-order valence-electron chi connectivity index (χ1n) is 7.56. The standard InChI is InChI=1S/C16H24N2O3/c1-2-21-12-14-4-3-5-15(10-14)17-16(20)18-8-6-13(11-19)7-9-18/h3-5,10,13,19H,2,6-9,11-12H2,1H3,(H,17,20). The lowest BCUT2D eigenvalue weighted by Crippen LogP contribution is -2.41. The largest absolute Gasteiger partial charge is 0.396 e. The lowest BCUT2D eigenvalue weighted by molar-refractivity contribution is 0.134. The van der Waals surface area contributed by atoms with Crippen molar-refractivity contribution in [3.63, 3.8) is 0 Å². The van der Waals surface area contributed by atoms with Crippen LogP contribution in [0.2, 0.25) is 0 Å². The Bertz CT molecular complexity index is 457. The molecule has 0 radical (unpaired) electrons. The number of anilines is 1. The van der Waals surface area contributed by atoms with Crippen LogP contribution in [0.1, 0.15) is 25.3 Å². The SMILES string of the molecule is CCOCc1cccc(NC(=O)N2CCC(CO)CC2)c1. The summed E-state index contributed by atoms with van der Waals surface area (Å²) < 4.78 is 5.37. The van der Waals surface area contributed by atoms with Crippen molar-refractivity contribution in [3.8, 4) is 0 Å². The maximum absolute atomic E-state index is 12.2. The van der Waals surface area contributed by atoms with Gasteiger partial charge in [-0.3, -0.25) is 0 Å². The Morgan fingerprint density at radius 2 is 2.19 bits per heavy atom. The van der Waals surface area contributed by atoms with Gasteiger partial charge in [0.15, 0.2) is 0 Å². The van der Waals surface area contributed by atoms with Gasteiger partial charge in [0.1, 0.15) is 0 Å². The molecule has 116 valence electrons. The summed E-state index contributed by atoms with van der Waals surface area (Å²) in [7, 11) is 0. The predicted octanol–water partition coefficient (Wildman–Crippen LogP) is 2.46. The van der Waals surface area contributed by atoms with Crippen molar-refractivity contribution in [2.75, 3.05) is 31.6 Å². The van der Waals surface area contributed by atoms with Gasteiger partial charge >= 0.3 is 6.03 Å². The molecule has 1 saturated heterocycles. The summed E-state index contributed by atoms with van der Waals surface area (Å²) in [5.41, 5.74) is 1.84. The van der Waals surface area contributed by atoms with Gasteiger partial charge in [0.25, 0.3) is 0 Å². The van der Waals surface area contributed by atoms with Gasteiger partial charge in [-0.05, 0) is 43.4 Å². The number of likely N-dealkylation sites (tertiary alicyclic amines) is 1. The third-order valence-electron chi connectivity index (χ3n) is 3.81. The summed E-state index contributed by atoms with van der Waals surface area (Å²) in [5, 5.41) is 12.1. The molecule has 0 aromatic heterocycles. The van der Waals surface area contributed by atoms with Crippen LogP contribution in [0.15, 0.2) is 24.3 Å². The van der Waals surface area contributed by atoms with E-state index in [-0.39, 0.29) is 12.6 Å². The number of aliphatic hydroxyl groups is 1. The van der Waals surface area contributed by atoms with E-state index in [1.54, 1.807) is 4.90 Å². The molecule has 0 spiro atoms. The molecule has 1 aromatic carbocycles. The molecular formula is C16H24N2O3. The minimum atomic E-state index is -0.0695. The lowest BCUT2D eigenvalue weighted by Gasteiger charge is -2.31. The highest BCUT2D eigenvalue weighted by molar-refractivity contribution is 5.89. The second kappa shape index (κ2) is 8.00. The molecule has 21 heavy (non-hydrogen) atoms. The molecule has 0 aliphatic carbocycles. The summed E-state index contributed by atoms with van der Waals surface area (Å²) in [6.45, 7) is 4.82. The molecule has 2 rings (SSSR count). The number of nitrogens with one attached hydrogen (secondary N) is 1. The quantitative estimate of drug-likeness (QED) is 0.876. The summed E-state index contributed by atoms with van der Waals surface area (Å²) in [6.07, 6.45) is 1.74. The van der Waals surface area contributed by atoms with Gasteiger partial charge in [-0.15, -0.1) is 0 Å². The molecule has 1 fully saturated rings. The highest BCUT2D eigenvalue weighted by Gasteiger charge is 2.22.